The second kappa shape index (κ2) is 9.86. The van der Waals surface area contributed by atoms with Crippen LogP contribution in [0.2, 0.25) is 0 Å². The number of carbonyl (C=O) groups is 1. The Morgan fingerprint density at radius 3 is 2.06 bits per heavy atom. The zero-order chi connectivity index (χ0) is 23.5. The second-order valence-corrected chi connectivity index (χ2v) is 9.49. The molecule has 0 radical (unpaired) electrons. The largest absolute Gasteiger partial charge is 0.491 e. The number of aryl methyl sites for hydroxylation is 2. The van der Waals surface area contributed by atoms with Gasteiger partial charge in [0.15, 0.2) is 0 Å². The maximum absolute atomic E-state index is 12.7. The minimum Gasteiger partial charge on any atom is -0.491 e. The lowest BCUT2D eigenvalue weighted by Crippen LogP contribution is -2.60. The highest BCUT2D eigenvalue weighted by molar-refractivity contribution is 5.94. The van der Waals surface area contributed by atoms with Gasteiger partial charge in [-0.15, -0.1) is 0 Å². The fraction of sp³-hybridized carbons (Fsp3) is 0.560. The lowest BCUT2D eigenvalue weighted by molar-refractivity contribution is -0.0550. The highest BCUT2D eigenvalue weighted by atomic mass is 16.5. The molecule has 7 heteroatoms. The number of hydrogen-bond donors (Lipinski definition) is 1. The number of aromatic nitrogens is 2. The lowest BCUT2D eigenvalue weighted by atomic mass is 9.87. The molecule has 1 unspecified atom stereocenters. The van der Waals surface area contributed by atoms with E-state index in [4.69, 9.17) is 9.47 Å². The van der Waals surface area contributed by atoms with Crippen LogP contribution in [0.5, 0.6) is 11.5 Å². The van der Waals surface area contributed by atoms with Gasteiger partial charge in [-0.3, -0.25) is 4.79 Å². The Bertz CT molecular complexity index is 892. The molecule has 1 aromatic heterocycles. The molecule has 1 amide bonds. The van der Waals surface area contributed by atoms with Crippen molar-refractivity contribution in [2.24, 2.45) is 0 Å². The maximum atomic E-state index is 12.7. The third-order valence-electron chi connectivity index (χ3n) is 5.37. The molecule has 1 aliphatic heterocycles. The SMILES string of the molecule is CC(C)Oc1cc(CCc2ncc(C(=O)N3CCC3C(C)(C)O)cn2)cc(OC(C)C)c1. The summed E-state index contributed by atoms with van der Waals surface area (Å²) in [4.78, 5) is 23.2. The van der Waals surface area contributed by atoms with Gasteiger partial charge in [0.2, 0.25) is 0 Å². The van der Waals surface area contributed by atoms with Crippen LogP contribution in [0.3, 0.4) is 0 Å². The van der Waals surface area contributed by atoms with Gasteiger partial charge in [-0.2, -0.15) is 0 Å². The molecule has 1 aliphatic rings. The van der Waals surface area contributed by atoms with Gasteiger partial charge in [0.25, 0.3) is 5.91 Å². The number of hydrogen-bond acceptors (Lipinski definition) is 6. The van der Waals surface area contributed by atoms with E-state index in [1.807, 2.05) is 45.9 Å². The van der Waals surface area contributed by atoms with Crippen molar-refractivity contribution in [1.29, 1.82) is 0 Å². The minimum absolute atomic E-state index is 0.0768. The molecule has 2 heterocycles. The van der Waals surface area contributed by atoms with E-state index < -0.39 is 5.60 Å². The van der Waals surface area contributed by atoms with Gasteiger partial charge < -0.3 is 19.5 Å². The molecule has 0 spiro atoms. The molecule has 1 fully saturated rings. The van der Waals surface area contributed by atoms with Crippen LogP contribution in [0, 0.1) is 0 Å². The summed E-state index contributed by atoms with van der Waals surface area (Å²) in [5.41, 5.74) is 0.611. The van der Waals surface area contributed by atoms with Gasteiger partial charge in [-0.1, -0.05) is 0 Å². The monoisotopic (exact) mass is 441 g/mol. The quantitative estimate of drug-likeness (QED) is 0.637. The third kappa shape index (κ3) is 6.19. The molecule has 32 heavy (non-hydrogen) atoms. The first kappa shape index (κ1) is 24.0. The molecular formula is C25H35N3O4. The molecule has 1 saturated heterocycles. The van der Waals surface area contributed by atoms with Crippen LogP contribution >= 0.6 is 0 Å². The molecule has 0 saturated carbocycles. The van der Waals surface area contributed by atoms with Crippen molar-refractivity contribution in [3.05, 3.63) is 47.5 Å². The predicted octanol–water partition coefficient (Wildman–Crippen LogP) is 3.82. The number of likely N-dealkylation sites (tertiary alicyclic amines) is 1. The molecule has 1 N–H and O–H groups in total. The minimum atomic E-state index is -0.916. The van der Waals surface area contributed by atoms with Gasteiger partial charge in [0.05, 0.1) is 29.4 Å². The molecule has 174 valence electrons. The van der Waals surface area contributed by atoms with Crippen molar-refractivity contribution >= 4 is 5.91 Å². The third-order valence-corrected chi connectivity index (χ3v) is 5.37. The average molecular weight is 442 g/mol. The van der Waals surface area contributed by atoms with Crippen LogP contribution in [0.15, 0.2) is 30.6 Å². The molecule has 0 bridgehead atoms. The van der Waals surface area contributed by atoms with Gasteiger partial charge in [-0.25, -0.2) is 9.97 Å². The van der Waals surface area contributed by atoms with Crippen molar-refractivity contribution in [1.82, 2.24) is 14.9 Å². The van der Waals surface area contributed by atoms with Crippen LogP contribution in [-0.4, -0.2) is 56.3 Å². The molecule has 2 aromatic rings. The number of amides is 1. The summed E-state index contributed by atoms with van der Waals surface area (Å²) < 4.78 is 11.7. The van der Waals surface area contributed by atoms with Crippen molar-refractivity contribution in [2.75, 3.05) is 6.54 Å². The number of aliphatic hydroxyl groups is 1. The first-order valence-corrected chi connectivity index (χ1v) is 11.3. The molecule has 1 aromatic carbocycles. The van der Waals surface area contributed by atoms with Crippen molar-refractivity contribution in [3.8, 4) is 11.5 Å². The summed E-state index contributed by atoms with van der Waals surface area (Å²) in [5, 5.41) is 10.2. The van der Waals surface area contributed by atoms with E-state index in [1.165, 1.54) is 0 Å². The van der Waals surface area contributed by atoms with Crippen LogP contribution in [0.1, 0.15) is 69.7 Å². The predicted molar refractivity (Wildman–Crippen MR) is 123 cm³/mol. The van der Waals surface area contributed by atoms with Crippen LogP contribution < -0.4 is 9.47 Å². The van der Waals surface area contributed by atoms with Crippen LogP contribution in [0.4, 0.5) is 0 Å². The van der Waals surface area contributed by atoms with Crippen LogP contribution in [0.25, 0.3) is 0 Å². The van der Waals surface area contributed by atoms with Crippen molar-refractivity contribution < 1.29 is 19.4 Å². The molecular weight excluding hydrogens is 406 g/mol. The Morgan fingerprint density at radius 2 is 1.62 bits per heavy atom. The number of benzene rings is 1. The normalized spacial score (nSPS) is 16.3. The van der Waals surface area contributed by atoms with Crippen LogP contribution in [-0.2, 0) is 12.8 Å². The molecule has 1 atom stereocenters. The number of carbonyl (C=O) groups excluding carboxylic acids is 1. The zero-order valence-corrected chi connectivity index (χ0v) is 20.0. The number of rotatable bonds is 9. The fourth-order valence-corrected chi connectivity index (χ4v) is 3.84. The van der Waals surface area contributed by atoms with E-state index in [0.29, 0.717) is 24.4 Å². The Hall–Kier alpha value is -2.67. The maximum Gasteiger partial charge on any atom is 0.257 e. The summed E-state index contributed by atoms with van der Waals surface area (Å²) in [5.74, 6) is 2.10. The Morgan fingerprint density at radius 1 is 1.06 bits per heavy atom. The van der Waals surface area contributed by atoms with Crippen molar-refractivity contribution in [2.45, 2.75) is 84.7 Å². The molecule has 7 nitrogen and oxygen atoms in total. The smallest absolute Gasteiger partial charge is 0.257 e. The number of nitrogens with zero attached hydrogens (tertiary/aromatic N) is 3. The fourth-order valence-electron chi connectivity index (χ4n) is 3.84. The Labute approximate surface area is 190 Å². The molecule has 3 rings (SSSR count). The Kier molecular flexibility index (Phi) is 7.39. The van der Waals surface area contributed by atoms with Gasteiger partial charge in [-0.05, 0) is 72.1 Å². The summed E-state index contributed by atoms with van der Waals surface area (Å²) in [7, 11) is 0. The first-order valence-electron chi connectivity index (χ1n) is 11.3. The molecule has 0 aliphatic carbocycles. The summed E-state index contributed by atoms with van der Waals surface area (Å²) in [6, 6.07) is 5.78. The van der Waals surface area contributed by atoms with E-state index in [1.54, 1.807) is 31.1 Å². The standard InChI is InChI=1S/C25H35N3O4/c1-16(2)31-20-11-18(12-21(13-20)32-17(3)4)7-8-23-26-14-19(15-27-23)24(29)28-10-9-22(28)25(5,6)30/h11-17,22,30H,7-10H2,1-6H3. The van der Waals surface area contributed by atoms with Gasteiger partial charge in [0, 0.05) is 31.4 Å². The zero-order valence-electron chi connectivity index (χ0n) is 20.0. The average Bonchev–Trinajstić information content (AvgIpc) is 2.63. The van der Waals surface area contributed by atoms with Crippen molar-refractivity contribution in [3.63, 3.8) is 0 Å². The topological polar surface area (TPSA) is 84.8 Å². The lowest BCUT2D eigenvalue weighted by Gasteiger charge is -2.47. The second-order valence-electron chi connectivity index (χ2n) is 9.49. The summed E-state index contributed by atoms with van der Waals surface area (Å²) in [6.07, 6.45) is 5.48. The highest BCUT2D eigenvalue weighted by Crippen LogP contribution is 2.29. The summed E-state index contributed by atoms with van der Waals surface area (Å²) in [6.45, 7) is 12.1. The first-order chi connectivity index (χ1) is 15.0. The van der Waals surface area contributed by atoms with Gasteiger partial charge in [0.1, 0.15) is 17.3 Å². The van der Waals surface area contributed by atoms with E-state index in [-0.39, 0.29) is 24.2 Å². The summed E-state index contributed by atoms with van der Waals surface area (Å²) >= 11 is 0. The van der Waals surface area contributed by atoms with E-state index in [2.05, 4.69) is 9.97 Å². The van der Waals surface area contributed by atoms with Gasteiger partial charge >= 0.3 is 0 Å². The Balaban J connectivity index is 1.65. The van der Waals surface area contributed by atoms with E-state index in [9.17, 15) is 9.90 Å². The highest BCUT2D eigenvalue weighted by Gasteiger charge is 2.41. The van der Waals surface area contributed by atoms with E-state index in [0.717, 1.165) is 29.9 Å². The number of ether oxygens (including phenoxy) is 2. The van der Waals surface area contributed by atoms with E-state index >= 15 is 0 Å².